The van der Waals surface area contributed by atoms with E-state index in [2.05, 4.69) is 20.3 Å². The normalized spacial score (nSPS) is 11.8. The molecule has 4 rings (SSSR count). The Bertz CT molecular complexity index is 1060. The molecule has 0 atom stereocenters. The van der Waals surface area contributed by atoms with Gasteiger partial charge in [0.2, 0.25) is 5.16 Å². The molecule has 136 valence electrons. The van der Waals surface area contributed by atoms with E-state index in [0.29, 0.717) is 22.3 Å². The van der Waals surface area contributed by atoms with Gasteiger partial charge in [0.25, 0.3) is 0 Å². The molecule has 0 spiro atoms. The lowest BCUT2D eigenvalue weighted by Crippen LogP contribution is -2.04. The summed E-state index contributed by atoms with van der Waals surface area (Å²) >= 11 is 1.35. The molecule has 0 fully saturated rings. The molecule has 0 saturated carbocycles. The highest BCUT2D eigenvalue weighted by Gasteiger charge is 2.29. The summed E-state index contributed by atoms with van der Waals surface area (Å²) < 4.78 is 39.5. The number of pyridine rings is 1. The van der Waals surface area contributed by atoms with Crippen LogP contribution in [-0.4, -0.2) is 24.8 Å². The van der Waals surface area contributed by atoms with Gasteiger partial charge >= 0.3 is 6.18 Å². The second-order valence-corrected chi connectivity index (χ2v) is 6.61. The maximum Gasteiger partial charge on any atom is 0.416 e. The SMILES string of the molecule is FC(F)(F)c1ccc(CSc2nnc3ccc(-c4ccccn4)nn23)cc1. The number of aromatic nitrogens is 5. The van der Waals surface area contributed by atoms with E-state index >= 15 is 0 Å². The van der Waals surface area contributed by atoms with E-state index in [1.807, 2.05) is 24.3 Å². The van der Waals surface area contributed by atoms with Crippen molar-refractivity contribution in [1.82, 2.24) is 24.8 Å². The van der Waals surface area contributed by atoms with Gasteiger partial charge in [-0.05, 0) is 42.0 Å². The second-order valence-electron chi connectivity index (χ2n) is 5.67. The van der Waals surface area contributed by atoms with Gasteiger partial charge in [0.05, 0.1) is 11.3 Å². The van der Waals surface area contributed by atoms with Crippen molar-refractivity contribution in [3.8, 4) is 11.4 Å². The molecule has 0 radical (unpaired) electrons. The van der Waals surface area contributed by atoms with Gasteiger partial charge in [-0.2, -0.15) is 22.8 Å². The quantitative estimate of drug-likeness (QED) is 0.483. The summed E-state index contributed by atoms with van der Waals surface area (Å²) in [6.45, 7) is 0. The van der Waals surface area contributed by atoms with Crippen molar-refractivity contribution in [1.29, 1.82) is 0 Å². The largest absolute Gasteiger partial charge is 0.416 e. The summed E-state index contributed by atoms with van der Waals surface area (Å²) in [5.41, 5.74) is 2.09. The van der Waals surface area contributed by atoms with Gasteiger partial charge in [0.15, 0.2) is 5.65 Å². The molecule has 0 aliphatic carbocycles. The Balaban J connectivity index is 1.55. The molecular weight excluding hydrogens is 375 g/mol. The number of rotatable bonds is 4. The Kier molecular flexibility index (Phi) is 4.53. The Morgan fingerprint density at radius 2 is 1.70 bits per heavy atom. The Hall–Kier alpha value is -2.94. The Morgan fingerprint density at radius 1 is 0.889 bits per heavy atom. The van der Waals surface area contributed by atoms with Crippen molar-refractivity contribution in [3.63, 3.8) is 0 Å². The number of nitrogens with zero attached hydrogens (tertiary/aromatic N) is 5. The minimum absolute atomic E-state index is 0.453. The first-order valence-corrected chi connectivity index (χ1v) is 8.92. The van der Waals surface area contributed by atoms with Crippen LogP contribution in [0.3, 0.4) is 0 Å². The lowest BCUT2D eigenvalue weighted by Gasteiger charge is -2.07. The van der Waals surface area contributed by atoms with Crippen LogP contribution in [0.25, 0.3) is 17.0 Å². The van der Waals surface area contributed by atoms with Gasteiger partial charge in [-0.3, -0.25) is 4.98 Å². The number of benzene rings is 1. The summed E-state index contributed by atoms with van der Waals surface area (Å²) in [5, 5.41) is 13.3. The van der Waals surface area contributed by atoms with Crippen molar-refractivity contribution in [2.24, 2.45) is 0 Å². The van der Waals surface area contributed by atoms with Gasteiger partial charge in [0, 0.05) is 11.9 Å². The maximum absolute atomic E-state index is 12.6. The lowest BCUT2D eigenvalue weighted by atomic mass is 10.1. The van der Waals surface area contributed by atoms with E-state index in [4.69, 9.17) is 0 Å². The third-order valence-electron chi connectivity index (χ3n) is 3.81. The predicted molar refractivity (Wildman–Crippen MR) is 95.0 cm³/mol. The zero-order valence-electron chi connectivity index (χ0n) is 13.8. The van der Waals surface area contributed by atoms with Crippen LogP contribution < -0.4 is 0 Å². The van der Waals surface area contributed by atoms with Crippen LogP contribution in [0.2, 0.25) is 0 Å². The first-order valence-electron chi connectivity index (χ1n) is 7.93. The topological polar surface area (TPSA) is 56.0 Å². The number of halogens is 3. The highest BCUT2D eigenvalue weighted by molar-refractivity contribution is 7.98. The molecule has 1 aromatic carbocycles. The van der Waals surface area contributed by atoms with E-state index in [-0.39, 0.29) is 0 Å². The number of thioether (sulfide) groups is 1. The third kappa shape index (κ3) is 3.77. The third-order valence-corrected chi connectivity index (χ3v) is 4.80. The molecule has 0 bridgehead atoms. The fraction of sp³-hybridized carbons (Fsp3) is 0.111. The summed E-state index contributed by atoms with van der Waals surface area (Å²) in [6.07, 6.45) is -2.64. The van der Waals surface area contributed by atoms with Crippen molar-refractivity contribution < 1.29 is 13.2 Å². The molecule has 9 heteroatoms. The molecule has 0 N–H and O–H groups in total. The highest BCUT2D eigenvalue weighted by atomic mass is 32.2. The van der Waals surface area contributed by atoms with E-state index in [9.17, 15) is 13.2 Å². The van der Waals surface area contributed by atoms with Gasteiger partial charge in [-0.15, -0.1) is 10.2 Å². The monoisotopic (exact) mass is 387 g/mol. The zero-order valence-corrected chi connectivity index (χ0v) is 14.6. The van der Waals surface area contributed by atoms with Crippen LogP contribution >= 0.6 is 11.8 Å². The molecule has 0 saturated heterocycles. The highest BCUT2D eigenvalue weighted by Crippen LogP contribution is 2.30. The minimum Gasteiger partial charge on any atom is -0.255 e. The van der Waals surface area contributed by atoms with E-state index in [1.54, 1.807) is 16.8 Å². The van der Waals surface area contributed by atoms with Gasteiger partial charge in [0.1, 0.15) is 5.69 Å². The Labute approximate surface area is 156 Å². The van der Waals surface area contributed by atoms with Crippen LogP contribution in [0, 0.1) is 0 Å². The summed E-state index contributed by atoms with van der Waals surface area (Å²) in [4.78, 5) is 4.28. The number of hydrogen-bond donors (Lipinski definition) is 0. The maximum atomic E-state index is 12.6. The predicted octanol–water partition coefficient (Wildman–Crippen LogP) is 4.50. The van der Waals surface area contributed by atoms with E-state index < -0.39 is 11.7 Å². The smallest absolute Gasteiger partial charge is 0.255 e. The summed E-state index contributed by atoms with van der Waals surface area (Å²) in [5.74, 6) is 0.453. The van der Waals surface area contributed by atoms with Crippen molar-refractivity contribution in [2.45, 2.75) is 17.1 Å². The summed E-state index contributed by atoms with van der Waals surface area (Å²) in [7, 11) is 0. The molecule has 0 aliphatic heterocycles. The molecule has 0 unspecified atom stereocenters. The molecule has 3 heterocycles. The fourth-order valence-electron chi connectivity index (χ4n) is 2.45. The van der Waals surface area contributed by atoms with Crippen LogP contribution in [-0.2, 0) is 11.9 Å². The lowest BCUT2D eigenvalue weighted by molar-refractivity contribution is -0.137. The van der Waals surface area contributed by atoms with Gasteiger partial charge in [-0.1, -0.05) is 30.0 Å². The van der Waals surface area contributed by atoms with Crippen molar-refractivity contribution in [2.75, 3.05) is 0 Å². The first-order chi connectivity index (χ1) is 13.0. The number of fused-ring (bicyclic) bond motifs is 1. The van der Waals surface area contributed by atoms with Gasteiger partial charge < -0.3 is 0 Å². The molecule has 5 nitrogen and oxygen atoms in total. The van der Waals surface area contributed by atoms with E-state index in [1.165, 1.54) is 23.9 Å². The molecular formula is C18H12F3N5S. The van der Waals surface area contributed by atoms with Crippen LogP contribution in [0.15, 0.2) is 66.0 Å². The van der Waals surface area contributed by atoms with E-state index in [0.717, 1.165) is 23.4 Å². The molecule has 4 aromatic rings. The fourth-order valence-corrected chi connectivity index (χ4v) is 3.29. The van der Waals surface area contributed by atoms with Crippen LogP contribution in [0.5, 0.6) is 0 Å². The standard InChI is InChI=1S/C18H12F3N5S/c19-18(20,21)13-6-4-12(5-7-13)11-27-17-24-23-16-9-8-15(25-26(16)17)14-3-1-2-10-22-14/h1-10H,11H2. The molecule has 0 aliphatic rings. The molecule has 3 aromatic heterocycles. The average Bonchev–Trinajstić information content (AvgIpc) is 3.09. The summed E-state index contributed by atoms with van der Waals surface area (Å²) in [6, 6.07) is 14.3. The average molecular weight is 387 g/mol. The Morgan fingerprint density at radius 3 is 2.41 bits per heavy atom. The molecule has 27 heavy (non-hydrogen) atoms. The zero-order chi connectivity index (χ0) is 18.9. The van der Waals surface area contributed by atoms with Crippen LogP contribution in [0.4, 0.5) is 13.2 Å². The van der Waals surface area contributed by atoms with Crippen molar-refractivity contribution >= 4 is 17.4 Å². The number of alkyl halides is 3. The van der Waals surface area contributed by atoms with Crippen molar-refractivity contribution in [3.05, 3.63) is 71.9 Å². The number of hydrogen-bond acceptors (Lipinski definition) is 5. The first kappa shape index (κ1) is 17.5. The van der Waals surface area contributed by atoms with Crippen LogP contribution in [0.1, 0.15) is 11.1 Å². The molecule has 0 amide bonds. The second kappa shape index (κ2) is 6.99. The minimum atomic E-state index is -4.33. The van der Waals surface area contributed by atoms with Gasteiger partial charge in [-0.25, -0.2) is 0 Å².